The van der Waals surface area contributed by atoms with Crippen molar-refractivity contribution in [2.45, 2.75) is 19.4 Å². The highest BCUT2D eigenvalue weighted by atomic mass is 16.6. The fraction of sp³-hybridized carbons (Fsp3) is 0.538. The number of carbonyl (C=O) groups is 1. The molecule has 0 atom stereocenters. The van der Waals surface area contributed by atoms with E-state index in [9.17, 15) is 20.0 Å². The van der Waals surface area contributed by atoms with E-state index < -0.39 is 10.9 Å². The molecule has 21 heavy (non-hydrogen) atoms. The summed E-state index contributed by atoms with van der Waals surface area (Å²) < 4.78 is 0. The van der Waals surface area contributed by atoms with Gasteiger partial charge in [-0.1, -0.05) is 0 Å². The van der Waals surface area contributed by atoms with E-state index in [2.05, 4.69) is 23.7 Å². The van der Waals surface area contributed by atoms with Crippen molar-refractivity contribution < 1.29 is 14.8 Å². The van der Waals surface area contributed by atoms with Crippen LogP contribution in [0.25, 0.3) is 0 Å². The summed E-state index contributed by atoms with van der Waals surface area (Å²) in [6.07, 6.45) is 1.10. The smallest absolute Gasteiger partial charge is 0.339 e. The standard InChI is InChI=1S/C13H18N4O4/c1-13(2)8-16(5-4-15(13)3)11-10(12(18)19)6-9(7-14-11)17(20)21/h6-7H,4-5,8H2,1-3H3,(H,18,19). The zero-order valence-corrected chi connectivity index (χ0v) is 12.2. The number of carboxylic acid groups (broad SMARTS) is 1. The predicted molar refractivity (Wildman–Crippen MR) is 76.8 cm³/mol. The van der Waals surface area contributed by atoms with Crippen LogP contribution in [0, 0.1) is 10.1 Å². The van der Waals surface area contributed by atoms with Crippen molar-refractivity contribution in [2.75, 3.05) is 31.6 Å². The van der Waals surface area contributed by atoms with Gasteiger partial charge in [0.25, 0.3) is 5.69 Å². The summed E-state index contributed by atoms with van der Waals surface area (Å²) in [5, 5.41) is 20.0. The van der Waals surface area contributed by atoms with E-state index in [1.54, 1.807) is 0 Å². The van der Waals surface area contributed by atoms with Crippen LogP contribution >= 0.6 is 0 Å². The molecule has 0 saturated carbocycles. The Morgan fingerprint density at radius 1 is 1.48 bits per heavy atom. The number of aromatic carboxylic acids is 1. The van der Waals surface area contributed by atoms with Crippen LogP contribution in [0.4, 0.5) is 11.5 Å². The molecule has 0 unspecified atom stereocenters. The van der Waals surface area contributed by atoms with E-state index in [1.807, 2.05) is 11.9 Å². The zero-order valence-electron chi connectivity index (χ0n) is 12.2. The Morgan fingerprint density at radius 2 is 2.14 bits per heavy atom. The van der Waals surface area contributed by atoms with Gasteiger partial charge in [-0.25, -0.2) is 9.78 Å². The van der Waals surface area contributed by atoms with E-state index in [4.69, 9.17) is 0 Å². The Bertz CT molecular complexity index is 588. The number of aromatic nitrogens is 1. The van der Waals surface area contributed by atoms with Gasteiger partial charge < -0.3 is 10.0 Å². The van der Waals surface area contributed by atoms with Crippen LogP contribution in [-0.4, -0.2) is 58.1 Å². The Kier molecular flexibility index (Phi) is 3.82. The van der Waals surface area contributed by atoms with E-state index >= 15 is 0 Å². The number of hydrogen-bond donors (Lipinski definition) is 1. The van der Waals surface area contributed by atoms with Crippen molar-refractivity contribution in [1.82, 2.24) is 9.88 Å². The number of rotatable bonds is 3. The number of hydrogen-bond acceptors (Lipinski definition) is 6. The summed E-state index contributed by atoms with van der Waals surface area (Å²) in [5.74, 6) is -0.924. The number of carboxylic acids is 1. The predicted octanol–water partition coefficient (Wildman–Crippen LogP) is 1.22. The third-order valence-electron chi connectivity index (χ3n) is 3.91. The van der Waals surface area contributed by atoms with Crippen LogP contribution < -0.4 is 4.90 Å². The van der Waals surface area contributed by atoms with Gasteiger partial charge in [-0.2, -0.15) is 0 Å². The van der Waals surface area contributed by atoms with Gasteiger partial charge in [0.15, 0.2) is 0 Å². The molecule has 114 valence electrons. The second-order valence-corrected chi connectivity index (χ2v) is 5.78. The third-order valence-corrected chi connectivity index (χ3v) is 3.91. The summed E-state index contributed by atoms with van der Waals surface area (Å²) >= 11 is 0. The third kappa shape index (κ3) is 2.94. The molecule has 2 heterocycles. The minimum Gasteiger partial charge on any atom is -0.478 e. The monoisotopic (exact) mass is 294 g/mol. The van der Waals surface area contributed by atoms with Crippen molar-refractivity contribution >= 4 is 17.5 Å². The molecule has 2 rings (SSSR count). The molecule has 1 aromatic rings. The van der Waals surface area contributed by atoms with Gasteiger partial charge in [0.2, 0.25) is 0 Å². The van der Waals surface area contributed by atoms with Gasteiger partial charge in [-0.3, -0.25) is 15.0 Å². The van der Waals surface area contributed by atoms with Crippen LogP contribution in [0.15, 0.2) is 12.3 Å². The molecule has 8 nitrogen and oxygen atoms in total. The van der Waals surface area contributed by atoms with Gasteiger partial charge >= 0.3 is 5.97 Å². The largest absolute Gasteiger partial charge is 0.478 e. The fourth-order valence-electron chi connectivity index (χ4n) is 2.38. The van der Waals surface area contributed by atoms with E-state index in [1.165, 1.54) is 0 Å². The minimum atomic E-state index is -1.21. The van der Waals surface area contributed by atoms with E-state index in [-0.39, 0.29) is 22.6 Å². The first-order valence-electron chi connectivity index (χ1n) is 6.56. The number of nitrogens with zero attached hydrogens (tertiary/aromatic N) is 4. The average molecular weight is 294 g/mol. The van der Waals surface area contributed by atoms with E-state index in [0.717, 1.165) is 18.8 Å². The topological polar surface area (TPSA) is 99.8 Å². The molecule has 0 bridgehead atoms. The second kappa shape index (κ2) is 5.28. The van der Waals surface area contributed by atoms with Crippen molar-refractivity contribution in [3.8, 4) is 0 Å². The van der Waals surface area contributed by atoms with Crippen LogP contribution in [0.1, 0.15) is 24.2 Å². The Hall–Kier alpha value is -2.22. The van der Waals surface area contributed by atoms with Crippen LogP contribution in [0.5, 0.6) is 0 Å². The number of likely N-dealkylation sites (N-methyl/N-ethyl adjacent to an activating group) is 1. The molecule has 1 saturated heterocycles. The fourth-order valence-corrected chi connectivity index (χ4v) is 2.38. The van der Waals surface area contributed by atoms with Crippen molar-refractivity contribution in [1.29, 1.82) is 0 Å². The first kappa shape index (κ1) is 15.2. The lowest BCUT2D eigenvalue weighted by Crippen LogP contribution is -2.58. The Morgan fingerprint density at radius 3 is 2.67 bits per heavy atom. The SMILES string of the molecule is CN1CCN(c2ncc([N+](=O)[O-])cc2C(=O)O)CC1(C)C. The molecule has 1 aromatic heterocycles. The summed E-state index contributed by atoms with van der Waals surface area (Å²) in [7, 11) is 2.01. The maximum Gasteiger partial charge on any atom is 0.339 e. The molecule has 8 heteroatoms. The molecule has 0 aliphatic carbocycles. The lowest BCUT2D eigenvalue weighted by molar-refractivity contribution is -0.385. The van der Waals surface area contributed by atoms with Crippen molar-refractivity contribution in [3.05, 3.63) is 27.9 Å². The van der Waals surface area contributed by atoms with Gasteiger partial charge in [0.05, 0.1) is 4.92 Å². The summed E-state index contributed by atoms with van der Waals surface area (Å²) in [5.41, 5.74) is -0.577. The molecule has 0 amide bonds. The maximum atomic E-state index is 11.4. The second-order valence-electron chi connectivity index (χ2n) is 5.78. The molecule has 0 spiro atoms. The first-order valence-corrected chi connectivity index (χ1v) is 6.56. The molecule has 1 N–H and O–H groups in total. The zero-order chi connectivity index (χ0) is 15.8. The van der Waals surface area contributed by atoms with Gasteiger partial charge in [0, 0.05) is 31.2 Å². The molecular weight excluding hydrogens is 276 g/mol. The molecule has 1 aliphatic heterocycles. The van der Waals surface area contributed by atoms with E-state index in [0.29, 0.717) is 13.1 Å². The molecular formula is C13H18N4O4. The normalized spacial score (nSPS) is 18.5. The maximum absolute atomic E-state index is 11.4. The lowest BCUT2D eigenvalue weighted by Gasteiger charge is -2.45. The minimum absolute atomic E-state index is 0.128. The number of anilines is 1. The highest BCUT2D eigenvalue weighted by molar-refractivity contribution is 5.94. The summed E-state index contributed by atoms with van der Waals surface area (Å²) in [6.45, 7) is 6.13. The van der Waals surface area contributed by atoms with Crippen molar-refractivity contribution in [3.63, 3.8) is 0 Å². The van der Waals surface area contributed by atoms with Gasteiger partial charge in [-0.15, -0.1) is 0 Å². The first-order chi connectivity index (χ1) is 9.72. The van der Waals surface area contributed by atoms with Gasteiger partial charge in [0.1, 0.15) is 17.6 Å². The number of piperazine rings is 1. The Labute approximate surface area is 122 Å². The summed E-state index contributed by atoms with van der Waals surface area (Å²) in [4.78, 5) is 29.6. The quantitative estimate of drug-likeness (QED) is 0.660. The highest BCUT2D eigenvalue weighted by Crippen LogP contribution is 2.27. The number of nitro groups is 1. The Balaban J connectivity index is 2.40. The lowest BCUT2D eigenvalue weighted by atomic mass is 9.99. The van der Waals surface area contributed by atoms with Crippen LogP contribution in [0.3, 0.4) is 0 Å². The average Bonchev–Trinajstić information content (AvgIpc) is 2.41. The van der Waals surface area contributed by atoms with Crippen molar-refractivity contribution in [2.24, 2.45) is 0 Å². The molecule has 0 radical (unpaired) electrons. The van der Waals surface area contributed by atoms with Crippen LogP contribution in [0.2, 0.25) is 0 Å². The summed E-state index contributed by atoms with van der Waals surface area (Å²) in [6, 6.07) is 1.07. The van der Waals surface area contributed by atoms with Gasteiger partial charge in [-0.05, 0) is 20.9 Å². The molecule has 1 aliphatic rings. The molecule has 1 fully saturated rings. The highest BCUT2D eigenvalue weighted by Gasteiger charge is 2.33. The van der Waals surface area contributed by atoms with Crippen LogP contribution in [-0.2, 0) is 0 Å². The molecule has 0 aromatic carbocycles. The number of pyridine rings is 1.